The number of benzene rings is 2. The quantitative estimate of drug-likeness (QED) is 0.459. The van der Waals surface area contributed by atoms with Gasteiger partial charge in [-0.05, 0) is 92.4 Å². The summed E-state index contributed by atoms with van der Waals surface area (Å²) < 4.78 is 0. The molecule has 128 valence electrons. The number of hydrogen-bond acceptors (Lipinski definition) is 0. The van der Waals surface area contributed by atoms with Crippen LogP contribution in [0.5, 0.6) is 0 Å². The van der Waals surface area contributed by atoms with E-state index >= 15 is 0 Å². The van der Waals surface area contributed by atoms with Crippen molar-refractivity contribution in [3.05, 3.63) is 46.5 Å². The molecule has 2 aromatic carbocycles. The molecule has 0 saturated heterocycles. The summed E-state index contributed by atoms with van der Waals surface area (Å²) in [4.78, 5) is 0. The van der Waals surface area contributed by atoms with Crippen LogP contribution in [0.3, 0.4) is 0 Å². The molecule has 24 heavy (non-hydrogen) atoms. The Balaban J connectivity index is 2.19. The average Bonchev–Trinajstić information content (AvgIpc) is 2.49. The lowest BCUT2D eigenvalue weighted by Gasteiger charge is -2.31. The van der Waals surface area contributed by atoms with Gasteiger partial charge in [0, 0.05) is 0 Å². The molecule has 0 heteroatoms. The maximum atomic E-state index is 2.47. The van der Waals surface area contributed by atoms with Gasteiger partial charge in [-0.3, -0.25) is 0 Å². The molecule has 3 rings (SSSR count). The van der Waals surface area contributed by atoms with Gasteiger partial charge in [-0.2, -0.15) is 0 Å². The van der Waals surface area contributed by atoms with Crippen molar-refractivity contribution in [3.8, 4) is 22.3 Å². The lowest BCUT2D eigenvalue weighted by molar-refractivity contribution is 0.787. The van der Waals surface area contributed by atoms with Crippen LogP contribution in [0.1, 0.15) is 101 Å². The maximum Gasteiger partial charge on any atom is -0.00958 e. The van der Waals surface area contributed by atoms with Crippen molar-refractivity contribution in [1.82, 2.24) is 0 Å². The summed E-state index contributed by atoms with van der Waals surface area (Å²) in [5.74, 6) is 2.32. The first kappa shape index (κ1) is 17.3. The molecule has 0 nitrogen and oxygen atoms in total. The molecule has 1 aliphatic rings. The first-order valence-corrected chi connectivity index (χ1v) is 9.58. The van der Waals surface area contributed by atoms with Crippen molar-refractivity contribution in [3.63, 3.8) is 0 Å². The van der Waals surface area contributed by atoms with Crippen LogP contribution < -0.4 is 0 Å². The Hall–Kier alpha value is -1.56. The fourth-order valence-electron chi connectivity index (χ4n) is 4.10. The molecule has 0 spiro atoms. The largest absolute Gasteiger partial charge is 0.0587 e. The minimum atomic E-state index is 0.580. The van der Waals surface area contributed by atoms with E-state index in [0.29, 0.717) is 23.7 Å². The van der Waals surface area contributed by atoms with Gasteiger partial charge in [0.1, 0.15) is 0 Å². The second-order valence-electron chi connectivity index (χ2n) is 8.67. The topological polar surface area (TPSA) is 0 Å². The summed E-state index contributed by atoms with van der Waals surface area (Å²) in [6.07, 6.45) is 0. The predicted molar refractivity (Wildman–Crippen MR) is 107 cm³/mol. The van der Waals surface area contributed by atoms with Gasteiger partial charge in [0.2, 0.25) is 0 Å². The van der Waals surface area contributed by atoms with Crippen LogP contribution in [0.25, 0.3) is 22.3 Å². The summed E-state index contributed by atoms with van der Waals surface area (Å²) >= 11 is 0. The van der Waals surface area contributed by atoms with E-state index in [4.69, 9.17) is 0 Å². The molecule has 0 fully saturated rings. The highest BCUT2D eigenvalue weighted by Gasteiger charge is 2.28. The van der Waals surface area contributed by atoms with Gasteiger partial charge in [-0.1, -0.05) is 55.4 Å². The minimum absolute atomic E-state index is 0.580. The Bertz CT molecular complexity index is 625. The van der Waals surface area contributed by atoms with Gasteiger partial charge in [-0.25, -0.2) is 0 Å². The molecule has 0 amide bonds. The van der Waals surface area contributed by atoms with Crippen LogP contribution in [0.2, 0.25) is 0 Å². The first-order chi connectivity index (χ1) is 11.2. The van der Waals surface area contributed by atoms with Gasteiger partial charge in [0.15, 0.2) is 0 Å². The Morgan fingerprint density at radius 1 is 0.375 bits per heavy atom. The van der Waals surface area contributed by atoms with E-state index in [1.54, 1.807) is 0 Å². The molecule has 0 N–H and O–H groups in total. The van der Waals surface area contributed by atoms with Gasteiger partial charge >= 0.3 is 0 Å². The first-order valence-electron chi connectivity index (χ1n) is 9.58. The third-order valence-corrected chi connectivity index (χ3v) is 5.51. The third kappa shape index (κ3) is 2.61. The third-order valence-electron chi connectivity index (χ3n) is 5.51. The zero-order valence-corrected chi connectivity index (χ0v) is 16.6. The predicted octanol–water partition coefficient (Wildman–Crippen LogP) is 7.83. The molecular formula is C24H32. The molecule has 0 aromatic heterocycles. The zero-order valence-electron chi connectivity index (χ0n) is 16.6. The monoisotopic (exact) mass is 320 g/mol. The van der Waals surface area contributed by atoms with Crippen molar-refractivity contribution in [2.75, 3.05) is 0 Å². The highest BCUT2D eigenvalue weighted by Crippen LogP contribution is 2.52. The van der Waals surface area contributed by atoms with Gasteiger partial charge in [-0.15, -0.1) is 0 Å². The smallest absolute Gasteiger partial charge is 0.00958 e. The molecule has 0 unspecified atom stereocenters. The standard InChI is InChI=1S/C24H32/c1-13(2)17-9-21-22(10-18(17)14(3)4)24-12-20(16(7)8)19(15(5)6)11-23(21)24/h9-16H,1-8H3. The van der Waals surface area contributed by atoms with Crippen LogP contribution in [0.15, 0.2) is 24.3 Å². The summed E-state index contributed by atoms with van der Waals surface area (Å²) in [6.45, 7) is 18.5. The highest BCUT2D eigenvalue weighted by molar-refractivity contribution is 6.03. The Labute approximate surface area is 148 Å². The highest BCUT2D eigenvalue weighted by atomic mass is 14.3. The SMILES string of the molecule is CC(C)c1cc2c(cc1C(C)C)-c1cc(C(C)C)c(C(C)C)cc1-2. The Kier molecular flexibility index (Phi) is 4.36. The molecule has 0 aliphatic heterocycles. The minimum Gasteiger partial charge on any atom is -0.0587 e. The van der Waals surface area contributed by atoms with Crippen LogP contribution in [0.4, 0.5) is 0 Å². The van der Waals surface area contributed by atoms with Crippen molar-refractivity contribution in [2.24, 2.45) is 0 Å². The van der Waals surface area contributed by atoms with Crippen LogP contribution in [-0.2, 0) is 0 Å². The van der Waals surface area contributed by atoms with Gasteiger partial charge < -0.3 is 0 Å². The Morgan fingerprint density at radius 2 is 0.542 bits per heavy atom. The van der Waals surface area contributed by atoms with E-state index in [1.165, 1.54) is 44.5 Å². The van der Waals surface area contributed by atoms with E-state index < -0.39 is 0 Å². The summed E-state index contributed by atoms with van der Waals surface area (Å²) in [7, 11) is 0. The van der Waals surface area contributed by atoms with Gasteiger partial charge in [0.05, 0.1) is 0 Å². The van der Waals surface area contributed by atoms with Crippen molar-refractivity contribution < 1.29 is 0 Å². The molecule has 0 bridgehead atoms. The summed E-state index contributed by atoms with van der Waals surface area (Å²) in [5, 5.41) is 0. The van der Waals surface area contributed by atoms with Crippen molar-refractivity contribution >= 4 is 0 Å². The molecule has 1 aliphatic carbocycles. The molecule has 0 saturated carbocycles. The molecule has 0 atom stereocenters. The fourth-order valence-corrected chi connectivity index (χ4v) is 4.10. The van der Waals surface area contributed by atoms with E-state index in [1.807, 2.05) is 0 Å². The second kappa shape index (κ2) is 6.06. The van der Waals surface area contributed by atoms with Crippen LogP contribution in [-0.4, -0.2) is 0 Å². The molecule has 2 aromatic rings. The van der Waals surface area contributed by atoms with Gasteiger partial charge in [0.25, 0.3) is 0 Å². The normalized spacial score (nSPS) is 12.8. The lowest BCUT2D eigenvalue weighted by atomic mass is 9.72. The van der Waals surface area contributed by atoms with E-state index in [2.05, 4.69) is 79.7 Å². The lowest BCUT2D eigenvalue weighted by Crippen LogP contribution is -2.09. The van der Waals surface area contributed by atoms with E-state index in [0.717, 1.165) is 0 Å². The number of fused-ring (bicyclic) bond motifs is 4. The van der Waals surface area contributed by atoms with Crippen molar-refractivity contribution in [1.29, 1.82) is 0 Å². The maximum absolute atomic E-state index is 2.47. The molecule has 0 radical (unpaired) electrons. The van der Waals surface area contributed by atoms with Crippen LogP contribution in [0, 0.1) is 0 Å². The van der Waals surface area contributed by atoms with E-state index in [-0.39, 0.29) is 0 Å². The van der Waals surface area contributed by atoms with E-state index in [9.17, 15) is 0 Å². The number of hydrogen-bond donors (Lipinski definition) is 0. The fraction of sp³-hybridized carbons (Fsp3) is 0.500. The summed E-state index contributed by atoms with van der Waals surface area (Å²) in [6, 6.07) is 9.88. The zero-order chi connectivity index (χ0) is 17.8. The average molecular weight is 321 g/mol. The van der Waals surface area contributed by atoms with Crippen LogP contribution >= 0.6 is 0 Å². The Morgan fingerprint density at radius 3 is 0.667 bits per heavy atom. The summed E-state index contributed by atoms with van der Waals surface area (Å²) in [5.41, 5.74) is 12.0. The second-order valence-corrected chi connectivity index (χ2v) is 8.67. The molecule has 0 heterocycles. The molecular weight excluding hydrogens is 288 g/mol. The number of rotatable bonds is 4. The van der Waals surface area contributed by atoms with Crippen molar-refractivity contribution in [2.45, 2.75) is 79.1 Å².